The normalized spacial score (nSPS) is 10.6. The standard InChI is InChI=1S/C25H21FN2O3/c26-20-9-11-21(12-10-20)31-22-6-1-4-18(16-22)8-13-24(29)28-17-19-5-2-14-27-25(19)23-7-3-15-30-23/h1-7,9-12,14-16H,8,13,17H2,(H,28,29). The molecule has 5 nitrogen and oxygen atoms in total. The fourth-order valence-electron chi connectivity index (χ4n) is 3.16. The molecule has 6 heteroatoms. The maximum Gasteiger partial charge on any atom is 0.220 e. The zero-order valence-electron chi connectivity index (χ0n) is 16.8. The molecule has 0 atom stereocenters. The van der Waals surface area contributed by atoms with Crippen LogP contribution in [-0.4, -0.2) is 10.9 Å². The lowest BCUT2D eigenvalue weighted by Gasteiger charge is -2.09. The second-order valence-corrected chi connectivity index (χ2v) is 6.97. The number of carbonyl (C=O) groups is 1. The zero-order chi connectivity index (χ0) is 21.5. The highest BCUT2D eigenvalue weighted by atomic mass is 19.1. The number of hydrogen-bond acceptors (Lipinski definition) is 4. The van der Waals surface area contributed by atoms with Crippen LogP contribution in [0.4, 0.5) is 4.39 Å². The lowest BCUT2D eigenvalue weighted by atomic mass is 10.1. The number of furan rings is 1. The van der Waals surface area contributed by atoms with Crippen LogP contribution < -0.4 is 10.1 Å². The number of carbonyl (C=O) groups excluding carboxylic acids is 1. The summed E-state index contributed by atoms with van der Waals surface area (Å²) in [6.07, 6.45) is 4.21. The Morgan fingerprint density at radius 2 is 1.87 bits per heavy atom. The first-order chi connectivity index (χ1) is 15.2. The molecule has 2 aromatic heterocycles. The Labute approximate surface area is 179 Å². The third-order valence-electron chi connectivity index (χ3n) is 4.71. The van der Waals surface area contributed by atoms with Crippen LogP contribution >= 0.6 is 0 Å². The number of benzene rings is 2. The van der Waals surface area contributed by atoms with Crippen molar-refractivity contribution < 1.29 is 18.3 Å². The van der Waals surface area contributed by atoms with E-state index in [1.807, 2.05) is 42.5 Å². The Morgan fingerprint density at radius 1 is 1.00 bits per heavy atom. The number of nitrogens with zero attached hydrogens (tertiary/aromatic N) is 1. The van der Waals surface area contributed by atoms with Gasteiger partial charge in [0.2, 0.25) is 5.91 Å². The maximum absolute atomic E-state index is 13.0. The summed E-state index contributed by atoms with van der Waals surface area (Å²) >= 11 is 0. The number of aryl methyl sites for hydroxylation is 1. The largest absolute Gasteiger partial charge is 0.463 e. The van der Waals surface area contributed by atoms with Crippen LogP contribution in [0.3, 0.4) is 0 Å². The Bertz CT molecular complexity index is 1140. The van der Waals surface area contributed by atoms with Gasteiger partial charge in [-0.2, -0.15) is 0 Å². The van der Waals surface area contributed by atoms with Gasteiger partial charge < -0.3 is 14.5 Å². The molecule has 0 spiro atoms. The van der Waals surface area contributed by atoms with E-state index in [1.54, 1.807) is 30.7 Å². The fraction of sp³-hybridized carbons (Fsp3) is 0.120. The first-order valence-corrected chi connectivity index (χ1v) is 9.94. The van der Waals surface area contributed by atoms with Crippen LogP contribution in [0.1, 0.15) is 17.5 Å². The van der Waals surface area contributed by atoms with E-state index >= 15 is 0 Å². The van der Waals surface area contributed by atoms with Gasteiger partial charge in [-0.15, -0.1) is 0 Å². The molecule has 0 aliphatic rings. The predicted molar refractivity (Wildman–Crippen MR) is 115 cm³/mol. The van der Waals surface area contributed by atoms with E-state index in [1.165, 1.54) is 12.1 Å². The molecule has 1 N–H and O–H groups in total. The molecule has 0 unspecified atom stereocenters. The number of nitrogens with one attached hydrogen (secondary N) is 1. The Morgan fingerprint density at radius 3 is 2.68 bits per heavy atom. The van der Waals surface area contributed by atoms with Gasteiger partial charge in [-0.3, -0.25) is 9.78 Å². The molecule has 0 radical (unpaired) electrons. The molecule has 156 valence electrons. The van der Waals surface area contributed by atoms with E-state index in [4.69, 9.17) is 9.15 Å². The third-order valence-corrected chi connectivity index (χ3v) is 4.71. The fourth-order valence-corrected chi connectivity index (χ4v) is 3.16. The first kappa shape index (κ1) is 20.3. The van der Waals surface area contributed by atoms with Gasteiger partial charge in [0.1, 0.15) is 23.0 Å². The number of amides is 1. The van der Waals surface area contributed by atoms with Crippen molar-refractivity contribution in [2.24, 2.45) is 0 Å². The summed E-state index contributed by atoms with van der Waals surface area (Å²) in [4.78, 5) is 16.7. The van der Waals surface area contributed by atoms with E-state index < -0.39 is 0 Å². The van der Waals surface area contributed by atoms with Crippen LogP contribution in [0.5, 0.6) is 11.5 Å². The van der Waals surface area contributed by atoms with Gasteiger partial charge in [0.05, 0.1) is 6.26 Å². The molecule has 2 heterocycles. The van der Waals surface area contributed by atoms with E-state index in [9.17, 15) is 9.18 Å². The maximum atomic E-state index is 13.0. The molecular formula is C25H21FN2O3. The molecule has 0 fully saturated rings. The SMILES string of the molecule is O=C(CCc1cccc(Oc2ccc(F)cc2)c1)NCc1cccnc1-c1ccco1. The van der Waals surface area contributed by atoms with Crippen LogP contribution in [-0.2, 0) is 17.8 Å². The topological polar surface area (TPSA) is 64.4 Å². The first-order valence-electron chi connectivity index (χ1n) is 9.94. The Kier molecular flexibility index (Phi) is 6.38. The van der Waals surface area contributed by atoms with Crippen molar-refractivity contribution in [2.45, 2.75) is 19.4 Å². The molecule has 0 saturated heterocycles. The molecule has 0 aliphatic carbocycles. The number of hydrogen-bond donors (Lipinski definition) is 1. The highest BCUT2D eigenvalue weighted by molar-refractivity contribution is 5.76. The molecule has 1 amide bonds. The van der Waals surface area contributed by atoms with Gasteiger partial charge in [-0.25, -0.2) is 4.39 Å². The number of aromatic nitrogens is 1. The summed E-state index contributed by atoms with van der Waals surface area (Å²) < 4.78 is 24.2. The summed E-state index contributed by atoms with van der Waals surface area (Å²) in [5, 5.41) is 2.94. The zero-order valence-corrected chi connectivity index (χ0v) is 16.8. The van der Waals surface area contributed by atoms with Crippen molar-refractivity contribution in [3.63, 3.8) is 0 Å². The van der Waals surface area contributed by atoms with Crippen LogP contribution in [0, 0.1) is 5.82 Å². The molecule has 4 rings (SSSR count). The van der Waals surface area contributed by atoms with Crippen LogP contribution in [0.15, 0.2) is 89.7 Å². The van der Waals surface area contributed by atoms with Crippen molar-refractivity contribution >= 4 is 5.91 Å². The molecule has 2 aromatic carbocycles. The minimum absolute atomic E-state index is 0.0564. The van der Waals surface area contributed by atoms with Gasteiger partial charge in [0.25, 0.3) is 0 Å². The summed E-state index contributed by atoms with van der Waals surface area (Å²) in [5.41, 5.74) is 2.59. The highest BCUT2D eigenvalue weighted by Gasteiger charge is 2.10. The predicted octanol–water partition coefficient (Wildman–Crippen LogP) is 5.52. The van der Waals surface area contributed by atoms with Gasteiger partial charge in [0.15, 0.2) is 5.76 Å². The van der Waals surface area contributed by atoms with E-state index in [0.717, 1.165) is 16.8 Å². The second-order valence-electron chi connectivity index (χ2n) is 6.97. The summed E-state index contributed by atoms with van der Waals surface area (Å²) in [7, 11) is 0. The highest BCUT2D eigenvalue weighted by Crippen LogP contribution is 2.23. The summed E-state index contributed by atoms with van der Waals surface area (Å²) in [6.45, 7) is 0.371. The van der Waals surface area contributed by atoms with Crippen molar-refractivity contribution in [1.82, 2.24) is 10.3 Å². The minimum atomic E-state index is -0.310. The lowest BCUT2D eigenvalue weighted by molar-refractivity contribution is -0.121. The molecule has 31 heavy (non-hydrogen) atoms. The number of pyridine rings is 1. The van der Waals surface area contributed by atoms with Gasteiger partial charge in [-0.1, -0.05) is 18.2 Å². The smallest absolute Gasteiger partial charge is 0.220 e. The third kappa shape index (κ3) is 5.57. The Balaban J connectivity index is 1.31. The average Bonchev–Trinajstić information content (AvgIpc) is 3.33. The molecule has 0 aliphatic heterocycles. The van der Waals surface area contributed by atoms with Crippen molar-refractivity contribution in [3.8, 4) is 23.0 Å². The minimum Gasteiger partial charge on any atom is -0.463 e. The van der Waals surface area contributed by atoms with Gasteiger partial charge in [0, 0.05) is 24.7 Å². The number of halogens is 1. The average molecular weight is 416 g/mol. The van der Waals surface area contributed by atoms with E-state index in [2.05, 4.69) is 10.3 Å². The molecular weight excluding hydrogens is 395 g/mol. The second kappa shape index (κ2) is 9.71. The van der Waals surface area contributed by atoms with Crippen LogP contribution in [0.25, 0.3) is 11.5 Å². The van der Waals surface area contributed by atoms with Crippen molar-refractivity contribution in [1.29, 1.82) is 0 Å². The monoisotopic (exact) mass is 416 g/mol. The summed E-state index contributed by atoms with van der Waals surface area (Å²) in [5.74, 6) is 1.50. The molecule has 0 bridgehead atoms. The van der Waals surface area contributed by atoms with Crippen molar-refractivity contribution in [2.75, 3.05) is 0 Å². The van der Waals surface area contributed by atoms with Crippen molar-refractivity contribution in [3.05, 3.63) is 102 Å². The molecule has 0 saturated carbocycles. The molecule has 4 aromatic rings. The quantitative estimate of drug-likeness (QED) is 0.411. The summed E-state index contributed by atoms with van der Waals surface area (Å²) in [6, 6.07) is 20.8. The van der Waals surface area contributed by atoms with E-state index in [0.29, 0.717) is 36.6 Å². The van der Waals surface area contributed by atoms with Gasteiger partial charge >= 0.3 is 0 Å². The van der Waals surface area contributed by atoms with Crippen LogP contribution in [0.2, 0.25) is 0 Å². The van der Waals surface area contributed by atoms with E-state index in [-0.39, 0.29) is 11.7 Å². The lowest BCUT2D eigenvalue weighted by Crippen LogP contribution is -2.23. The Hall–Kier alpha value is -3.93. The van der Waals surface area contributed by atoms with Gasteiger partial charge in [-0.05, 0) is 66.6 Å². The number of rotatable bonds is 8. The number of ether oxygens (including phenoxy) is 1.